The zero-order valence-electron chi connectivity index (χ0n) is 16.7. The predicted octanol–water partition coefficient (Wildman–Crippen LogP) is 2.03. The van der Waals surface area contributed by atoms with Crippen LogP contribution in [-0.2, 0) is 0 Å². The monoisotopic (exact) mass is 409 g/mol. The molecule has 0 saturated carbocycles. The van der Waals surface area contributed by atoms with Gasteiger partial charge in [0.05, 0.1) is 7.11 Å². The molecule has 1 fully saturated rings. The molecule has 0 bridgehead atoms. The van der Waals surface area contributed by atoms with Crippen LogP contribution >= 0.6 is 0 Å². The summed E-state index contributed by atoms with van der Waals surface area (Å²) < 4.78 is 10.5. The van der Waals surface area contributed by atoms with Gasteiger partial charge in [0.25, 0.3) is 5.91 Å². The van der Waals surface area contributed by atoms with Gasteiger partial charge in [-0.1, -0.05) is 12.1 Å². The molecule has 9 heteroatoms. The minimum atomic E-state index is -0.705. The summed E-state index contributed by atoms with van der Waals surface area (Å²) in [5.41, 5.74) is -0.432. The largest absolute Gasteiger partial charge is 0.493 e. The molecule has 2 aromatic heterocycles. The van der Waals surface area contributed by atoms with E-state index in [0.29, 0.717) is 35.6 Å². The Morgan fingerprint density at radius 1 is 1.20 bits per heavy atom. The number of hydrogen-bond acceptors (Lipinski definition) is 8. The number of anilines is 2. The van der Waals surface area contributed by atoms with Crippen LogP contribution in [0, 0.1) is 0 Å². The second-order valence-corrected chi connectivity index (χ2v) is 6.96. The number of benzene rings is 1. The molecule has 30 heavy (non-hydrogen) atoms. The summed E-state index contributed by atoms with van der Waals surface area (Å²) in [4.78, 5) is 35.4. The van der Waals surface area contributed by atoms with Gasteiger partial charge in [-0.2, -0.15) is 0 Å². The van der Waals surface area contributed by atoms with E-state index < -0.39 is 11.5 Å². The van der Waals surface area contributed by atoms with Crippen molar-refractivity contribution < 1.29 is 13.9 Å². The molecule has 1 saturated heterocycles. The second-order valence-electron chi connectivity index (χ2n) is 6.96. The summed E-state index contributed by atoms with van der Waals surface area (Å²) in [6.07, 6.45) is 3.88. The number of carbonyl (C=O) groups excluding carboxylic acids is 1. The second kappa shape index (κ2) is 8.81. The lowest BCUT2D eigenvalue weighted by Gasteiger charge is -2.16. The Morgan fingerprint density at radius 3 is 2.83 bits per heavy atom. The Labute approximate surface area is 173 Å². The summed E-state index contributed by atoms with van der Waals surface area (Å²) in [5, 5.41) is 6.51. The summed E-state index contributed by atoms with van der Waals surface area (Å²) in [5.74, 6) is 1.55. The zero-order chi connectivity index (χ0) is 20.9. The van der Waals surface area contributed by atoms with E-state index in [0.717, 1.165) is 18.9 Å². The SMILES string of the molecule is COc1cccc2cc(C(=O)NCCNc3cc(N4CCCC4)ncn3)c(=O)oc12. The Bertz CT molecular complexity index is 1110. The van der Waals surface area contributed by atoms with Crippen LogP contribution in [0.25, 0.3) is 11.0 Å². The van der Waals surface area contributed by atoms with Gasteiger partial charge in [0.2, 0.25) is 0 Å². The maximum atomic E-state index is 12.4. The van der Waals surface area contributed by atoms with E-state index >= 15 is 0 Å². The molecule has 3 aromatic rings. The van der Waals surface area contributed by atoms with Crippen LogP contribution in [0.3, 0.4) is 0 Å². The highest BCUT2D eigenvalue weighted by molar-refractivity contribution is 5.97. The van der Waals surface area contributed by atoms with Crippen molar-refractivity contribution in [2.75, 3.05) is 43.5 Å². The molecule has 0 spiro atoms. The van der Waals surface area contributed by atoms with Crippen molar-refractivity contribution in [1.29, 1.82) is 0 Å². The van der Waals surface area contributed by atoms with E-state index in [9.17, 15) is 9.59 Å². The van der Waals surface area contributed by atoms with Gasteiger partial charge in [-0.05, 0) is 25.0 Å². The van der Waals surface area contributed by atoms with Crippen LogP contribution in [0.5, 0.6) is 5.75 Å². The Balaban J connectivity index is 1.36. The number of rotatable bonds is 7. The fraction of sp³-hybridized carbons (Fsp3) is 0.333. The van der Waals surface area contributed by atoms with Crippen LogP contribution < -0.4 is 25.9 Å². The first-order valence-corrected chi connectivity index (χ1v) is 9.85. The van der Waals surface area contributed by atoms with Gasteiger partial charge in [0, 0.05) is 37.6 Å². The van der Waals surface area contributed by atoms with Gasteiger partial charge in [-0.3, -0.25) is 4.79 Å². The van der Waals surface area contributed by atoms with E-state index in [1.54, 1.807) is 18.2 Å². The Hall–Kier alpha value is -3.62. The highest BCUT2D eigenvalue weighted by Gasteiger charge is 2.16. The average molecular weight is 409 g/mol. The first-order valence-electron chi connectivity index (χ1n) is 9.85. The normalized spacial score (nSPS) is 13.4. The Morgan fingerprint density at radius 2 is 2.03 bits per heavy atom. The third kappa shape index (κ3) is 4.19. The molecule has 2 N–H and O–H groups in total. The molecule has 0 unspecified atom stereocenters. The molecule has 0 aliphatic carbocycles. The third-order valence-electron chi connectivity index (χ3n) is 4.99. The lowest BCUT2D eigenvalue weighted by Crippen LogP contribution is -2.32. The number of nitrogens with one attached hydrogen (secondary N) is 2. The first-order chi connectivity index (χ1) is 14.7. The minimum Gasteiger partial charge on any atom is -0.493 e. The smallest absolute Gasteiger partial charge is 0.349 e. The third-order valence-corrected chi connectivity index (χ3v) is 4.99. The molecule has 156 valence electrons. The number of fused-ring (bicyclic) bond motifs is 1. The summed E-state index contributed by atoms with van der Waals surface area (Å²) in [7, 11) is 1.49. The van der Waals surface area contributed by atoms with Crippen molar-refractivity contribution in [3.8, 4) is 5.75 Å². The van der Waals surface area contributed by atoms with Crippen LogP contribution in [0.4, 0.5) is 11.6 Å². The number of hydrogen-bond donors (Lipinski definition) is 2. The molecule has 1 aromatic carbocycles. The number of amides is 1. The van der Waals surface area contributed by atoms with Gasteiger partial charge in [-0.15, -0.1) is 0 Å². The highest BCUT2D eigenvalue weighted by atomic mass is 16.5. The number of aromatic nitrogens is 2. The summed E-state index contributed by atoms with van der Waals surface area (Å²) >= 11 is 0. The molecule has 1 aliphatic rings. The molecular formula is C21H23N5O4. The van der Waals surface area contributed by atoms with Crippen LogP contribution in [-0.4, -0.2) is 49.2 Å². The van der Waals surface area contributed by atoms with Crippen LogP contribution in [0.2, 0.25) is 0 Å². The van der Waals surface area contributed by atoms with Crippen molar-refractivity contribution in [2.24, 2.45) is 0 Å². The van der Waals surface area contributed by atoms with Crippen LogP contribution in [0.15, 0.2) is 45.9 Å². The van der Waals surface area contributed by atoms with Crippen LogP contribution in [0.1, 0.15) is 23.2 Å². The number of ether oxygens (including phenoxy) is 1. The molecule has 4 rings (SSSR count). The van der Waals surface area contributed by atoms with Gasteiger partial charge in [-0.25, -0.2) is 14.8 Å². The van der Waals surface area contributed by atoms with E-state index in [-0.39, 0.29) is 5.56 Å². The number of methoxy groups -OCH3 is 1. The first kappa shape index (κ1) is 19.7. The summed E-state index contributed by atoms with van der Waals surface area (Å²) in [6.45, 7) is 2.78. The number of carbonyl (C=O) groups is 1. The molecule has 0 atom stereocenters. The standard InChI is InChI=1S/C21H23N5O4/c1-29-16-6-4-5-14-11-15(21(28)30-19(14)16)20(27)23-8-7-22-17-12-18(25-13-24-17)26-9-2-3-10-26/h4-6,11-13H,2-3,7-10H2,1H3,(H,23,27)(H,22,24,25). The van der Waals surface area contributed by atoms with Gasteiger partial charge in [0.15, 0.2) is 11.3 Å². The number of para-hydroxylation sites is 1. The lowest BCUT2D eigenvalue weighted by molar-refractivity contribution is 0.0951. The number of nitrogens with zero attached hydrogens (tertiary/aromatic N) is 3. The van der Waals surface area contributed by atoms with Crippen molar-refractivity contribution in [2.45, 2.75) is 12.8 Å². The lowest BCUT2D eigenvalue weighted by atomic mass is 10.1. The molecule has 1 aliphatic heterocycles. The zero-order valence-corrected chi connectivity index (χ0v) is 16.7. The maximum absolute atomic E-state index is 12.4. The fourth-order valence-electron chi connectivity index (χ4n) is 3.46. The minimum absolute atomic E-state index is 0.0471. The van der Waals surface area contributed by atoms with Gasteiger partial charge < -0.3 is 24.7 Å². The highest BCUT2D eigenvalue weighted by Crippen LogP contribution is 2.24. The average Bonchev–Trinajstić information content (AvgIpc) is 3.31. The van der Waals surface area contributed by atoms with Crippen molar-refractivity contribution in [3.05, 3.63) is 52.6 Å². The predicted molar refractivity (Wildman–Crippen MR) is 113 cm³/mol. The van der Waals surface area contributed by atoms with Gasteiger partial charge >= 0.3 is 5.63 Å². The van der Waals surface area contributed by atoms with Gasteiger partial charge in [0.1, 0.15) is 23.5 Å². The Kier molecular flexibility index (Phi) is 5.78. The van der Waals surface area contributed by atoms with E-state index in [1.807, 2.05) is 6.07 Å². The molecule has 1 amide bonds. The van der Waals surface area contributed by atoms with E-state index in [4.69, 9.17) is 9.15 Å². The molecule has 9 nitrogen and oxygen atoms in total. The van der Waals surface area contributed by atoms with Crippen molar-refractivity contribution in [3.63, 3.8) is 0 Å². The fourth-order valence-corrected chi connectivity index (χ4v) is 3.46. The quantitative estimate of drug-likeness (QED) is 0.451. The van der Waals surface area contributed by atoms with E-state index in [2.05, 4.69) is 25.5 Å². The van der Waals surface area contributed by atoms with E-state index in [1.165, 1.54) is 32.3 Å². The van der Waals surface area contributed by atoms with Crippen molar-refractivity contribution >= 4 is 28.5 Å². The summed E-state index contributed by atoms with van der Waals surface area (Å²) in [6, 6.07) is 8.63. The molecule has 0 radical (unpaired) electrons. The molecule has 3 heterocycles. The van der Waals surface area contributed by atoms with Crippen molar-refractivity contribution in [1.82, 2.24) is 15.3 Å². The maximum Gasteiger partial charge on any atom is 0.349 e. The molecular weight excluding hydrogens is 386 g/mol. The topological polar surface area (TPSA) is 110 Å².